The van der Waals surface area contributed by atoms with Gasteiger partial charge in [0.25, 0.3) is 5.91 Å². The summed E-state index contributed by atoms with van der Waals surface area (Å²) in [5.74, 6) is 1.58. The van der Waals surface area contributed by atoms with Gasteiger partial charge in [-0.3, -0.25) is 9.78 Å². The van der Waals surface area contributed by atoms with E-state index in [0.29, 0.717) is 18.2 Å². The van der Waals surface area contributed by atoms with Crippen molar-refractivity contribution in [1.82, 2.24) is 20.3 Å². The fourth-order valence-corrected chi connectivity index (χ4v) is 4.20. The van der Waals surface area contributed by atoms with Crippen molar-refractivity contribution in [3.05, 3.63) is 65.7 Å². The maximum Gasteiger partial charge on any atom is 0.251 e. The summed E-state index contributed by atoms with van der Waals surface area (Å²) in [5.41, 5.74) is 4.42. The Labute approximate surface area is 195 Å². The Bertz CT molecular complexity index is 1090. The highest BCUT2D eigenvalue weighted by atomic mass is 16.5. The van der Waals surface area contributed by atoms with Gasteiger partial charge in [0.05, 0.1) is 12.8 Å². The van der Waals surface area contributed by atoms with Crippen molar-refractivity contribution in [2.45, 2.75) is 51.5 Å². The molecule has 1 aromatic carbocycles. The van der Waals surface area contributed by atoms with Gasteiger partial charge in [0, 0.05) is 47.6 Å². The SMILES string of the molecule is COc1cc(C(=O)NC2CCCC2)ccc1C(C)CNc1cc(-c2ccc(C)nc2)ncn1. The monoisotopic (exact) mass is 445 g/mol. The maximum atomic E-state index is 12.6. The molecule has 2 aromatic heterocycles. The number of pyridine rings is 1. The zero-order valence-corrected chi connectivity index (χ0v) is 19.5. The van der Waals surface area contributed by atoms with Gasteiger partial charge in [0.1, 0.15) is 17.9 Å². The van der Waals surface area contributed by atoms with Crippen LogP contribution in [0.3, 0.4) is 0 Å². The first-order valence-corrected chi connectivity index (χ1v) is 11.5. The molecule has 33 heavy (non-hydrogen) atoms. The fraction of sp³-hybridized carbons (Fsp3) is 0.385. The van der Waals surface area contributed by atoms with E-state index < -0.39 is 0 Å². The highest BCUT2D eigenvalue weighted by Gasteiger charge is 2.20. The second-order valence-corrected chi connectivity index (χ2v) is 8.67. The quantitative estimate of drug-likeness (QED) is 0.520. The van der Waals surface area contributed by atoms with Crippen molar-refractivity contribution in [1.29, 1.82) is 0 Å². The number of nitrogens with one attached hydrogen (secondary N) is 2. The third-order valence-electron chi connectivity index (χ3n) is 6.18. The number of aryl methyl sites for hydroxylation is 1. The number of amides is 1. The van der Waals surface area contributed by atoms with Crippen molar-refractivity contribution >= 4 is 11.7 Å². The van der Waals surface area contributed by atoms with Gasteiger partial charge >= 0.3 is 0 Å². The predicted octanol–water partition coefficient (Wildman–Crippen LogP) is 4.74. The molecular weight excluding hydrogens is 414 g/mol. The molecule has 0 bridgehead atoms. The Morgan fingerprint density at radius 1 is 1.12 bits per heavy atom. The molecule has 1 amide bonds. The van der Waals surface area contributed by atoms with Gasteiger partial charge in [-0.25, -0.2) is 9.97 Å². The van der Waals surface area contributed by atoms with E-state index in [1.54, 1.807) is 13.4 Å². The second-order valence-electron chi connectivity index (χ2n) is 8.67. The lowest BCUT2D eigenvalue weighted by atomic mass is 9.98. The number of ether oxygens (including phenoxy) is 1. The first-order valence-electron chi connectivity index (χ1n) is 11.5. The van der Waals surface area contributed by atoms with Crippen LogP contribution in [0.25, 0.3) is 11.3 Å². The number of rotatable bonds is 8. The van der Waals surface area contributed by atoms with Crippen molar-refractivity contribution < 1.29 is 9.53 Å². The first-order chi connectivity index (χ1) is 16.0. The molecule has 2 N–H and O–H groups in total. The van der Waals surface area contributed by atoms with Crippen LogP contribution in [0.15, 0.2) is 48.9 Å². The van der Waals surface area contributed by atoms with Gasteiger partial charge in [-0.2, -0.15) is 0 Å². The summed E-state index contributed by atoms with van der Waals surface area (Å²) in [6.07, 6.45) is 7.88. The number of aromatic nitrogens is 3. The summed E-state index contributed by atoms with van der Waals surface area (Å²) in [4.78, 5) is 25.7. The Hall–Kier alpha value is -3.48. The fourth-order valence-electron chi connectivity index (χ4n) is 4.20. The summed E-state index contributed by atoms with van der Waals surface area (Å²) in [7, 11) is 1.64. The molecule has 4 rings (SSSR count). The molecular formula is C26H31N5O2. The molecule has 7 heteroatoms. The normalized spacial score (nSPS) is 14.6. The topological polar surface area (TPSA) is 89.0 Å². The standard InChI is InChI=1S/C26H31N5O2/c1-17(14-28-25-13-23(29-16-30-25)20-9-8-18(2)27-15-20)22-11-10-19(12-24(22)33-3)26(32)31-21-6-4-5-7-21/h8-13,15-17,21H,4-7,14H2,1-3H3,(H,31,32)(H,28,29,30). The van der Waals surface area contributed by atoms with Crippen molar-refractivity contribution in [2.75, 3.05) is 19.0 Å². The Kier molecular flexibility index (Phi) is 7.17. The van der Waals surface area contributed by atoms with Crippen LogP contribution in [0.1, 0.15) is 60.1 Å². The number of carbonyl (C=O) groups excluding carboxylic acids is 1. The van der Waals surface area contributed by atoms with Gasteiger partial charge in [-0.1, -0.05) is 25.8 Å². The minimum atomic E-state index is -0.0309. The smallest absolute Gasteiger partial charge is 0.251 e. The average Bonchev–Trinajstić information content (AvgIpc) is 3.35. The molecule has 1 atom stereocenters. The summed E-state index contributed by atoms with van der Waals surface area (Å²) in [6, 6.07) is 11.9. The van der Waals surface area contributed by atoms with Crippen LogP contribution >= 0.6 is 0 Å². The van der Waals surface area contributed by atoms with Crippen molar-refractivity contribution in [2.24, 2.45) is 0 Å². The average molecular weight is 446 g/mol. The van der Waals surface area contributed by atoms with Gasteiger partial charge in [-0.05, 0) is 49.6 Å². The van der Waals surface area contributed by atoms with E-state index in [4.69, 9.17) is 4.74 Å². The molecule has 2 heterocycles. The van der Waals surface area contributed by atoms with E-state index in [1.165, 1.54) is 12.8 Å². The third kappa shape index (κ3) is 5.66. The lowest BCUT2D eigenvalue weighted by molar-refractivity contribution is 0.0937. The highest BCUT2D eigenvalue weighted by molar-refractivity contribution is 5.95. The molecule has 0 saturated heterocycles. The van der Waals surface area contributed by atoms with Crippen LogP contribution in [-0.2, 0) is 0 Å². The molecule has 1 aliphatic carbocycles. The zero-order valence-electron chi connectivity index (χ0n) is 19.5. The maximum absolute atomic E-state index is 12.6. The van der Waals surface area contributed by atoms with Crippen LogP contribution in [0.4, 0.5) is 5.82 Å². The van der Waals surface area contributed by atoms with Crippen LogP contribution < -0.4 is 15.4 Å². The Morgan fingerprint density at radius 3 is 2.67 bits per heavy atom. The molecule has 0 spiro atoms. The van der Waals surface area contributed by atoms with E-state index in [1.807, 2.05) is 49.5 Å². The zero-order chi connectivity index (χ0) is 23.2. The number of carbonyl (C=O) groups is 1. The Balaban J connectivity index is 1.41. The van der Waals surface area contributed by atoms with E-state index in [2.05, 4.69) is 32.5 Å². The number of nitrogens with zero attached hydrogens (tertiary/aromatic N) is 3. The van der Waals surface area contributed by atoms with Gasteiger partial charge in [0.15, 0.2) is 0 Å². The highest BCUT2D eigenvalue weighted by Crippen LogP contribution is 2.29. The summed E-state index contributed by atoms with van der Waals surface area (Å²) < 4.78 is 5.63. The van der Waals surface area contributed by atoms with E-state index in [-0.39, 0.29) is 11.8 Å². The largest absolute Gasteiger partial charge is 0.496 e. The number of benzene rings is 1. The van der Waals surface area contributed by atoms with Crippen molar-refractivity contribution in [3.63, 3.8) is 0 Å². The molecule has 1 saturated carbocycles. The summed E-state index contributed by atoms with van der Waals surface area (Å²) in [6.45, 7) is 4.74. The predicted molar refractivity (Wildman–Crippen MR) is 130 cm³/mol. The van der Waals surface area contributed by atoms with E-state index in [9.17, 15) is 4.79 Å². The first kappa shape index (κ1) is 22.7. The van der Waals surface area contributed by atoms with Gasteiger partial charge in [0.2, 0.25) is 0 Å². The minimum absolute atomic E-state index is 0.0309. The van der Waals surface area contributed by atoms with Gasteiger partial charge < -0.3 is 15.4 Å². The number of hydrogen-bond donors (Lipinski definition) is 2. The molecule has 1 fully saturated rings. The molecule has 1 unspecified atom stereocenters. The van der Waals surface area contributed by atoms with Gasteiger partial charge in [-0.15, -0.1) is 0 Å². The van der Waals surface area contributed by atoms with Crippen LogP contribution in [0, 0.1) is 6.92 Å². The molecule has 3 aromatic rings. The summed E-state index contributed by atoms with van der Waals surface area (Å²) >= 11 is 0. The minimum Gasteiger partial charge on any atom is -0.496 e. The molecule has 0 radical (unpaired) electrons. The lowest BCUT2D eigenvalue weighted by Crippen LogP contribution is -2.32. The second kappa shape index (κ2) is 10.4. The molecule has 1 aliphatic rings. The lowest BCUT2D eigenvalue weighted by Gasteiger charge is -2.18. The van der Waals surface area contributed by atoms with E-state index in [0.717, 1.165) is 46.9 Å². The van der Waals surface area contributed by atoms with Crippen molar-refractivity contribution in [3.8, 4) is 17.0 Å². The van der Waals surface area contributed by atoms with Crippen LogP contribution in [-0.4, -0.2) is 40.6 Å². The molecule has 7 nitrogen and oxygen atoms in total. The number of methoxy groups -OCH3 is 1. The third-order valence-corrected chi connectivity index (χ3v) is 6.18. The Morgan fingerprint density at radius 2 is 1.94 bits per heavy atom. The van der Waals surface area contributed by atoms with Crippen LogP contribution in [0.5, 0.6) is 5.75 Å². The van der Waals surface area contributed by atoms with Crippen LogP contribution in [0.2, 0.25) is 0 Å². The van der Waals surface area contributed by atoms with E-state index >= 15 is 0 Å². The molecule has 0 aliphatic heterocycles. The number of anilines is 1. The number of hydrogen-bond acceptors (Lipinski definition) is 6. The summed E-state index contributed by atoms with van der Waals surface area (Å²) in [5, 5.41) is 6.53. The molecule has 172 valence electrons.